The molecule has 4 nitrogen and oxygen atoms in total. The predicted octanol–water partition coefficient (Wildman–Crippen LogP) is 4.32. The molecule has 1 N–H and O–H groups in total. The van der Waals surface area contributed by atoms with Gasteiger partial charge in [-0.3, -0.25) is 9.59 Å². The Morgan fingerprint density at radius 3 is 2.18 bits per heavy atom. The zero-order valence-electron chi connectivity index (χ0n) is 16.2. The summed E-state index contributed by atoms with van der Waals surface area (Å²) in [6, 6.07) is 14.3. The van der Waals surface area contributed by atoms with Crippen LogP contribution < -0.4 is 0 Å². The van der Waals surface area contributed by atoms with Crippen LogP contribution in [-0.4, -0.2) is 46.8 Å². The quantitative estimate of drug-likeness (QED) is 0.704. The van der Waals surface area contributed by atoms with E-state index in [-0.39, 0.29) is 11.6 Å². The number of aliphatic hydroxyl groups is 1. The van der Waals surface area contributed by atoms with Gasteiger partial charge in [0.2, 0.25) is 0 Å². The SMILES string of the molecule is Cc1ccc(C(=O)C2(O)CCN(CCCC(=O)c3ccc(Cl)cc3)CC2)cc1. The van der Waals surface area contributed by atoms with E-state index in [1.54, 1.807) is 36.4 Å². The minimum absolute atomic E-state index is 0.111. The van der Waals surface area contributed by atoms with Crippen molar-refractivity contribution in [1.82, 2.24) is 4.90 Å². The molecule has 0 aliphatic carbocycles. The van der Waals surface area contributed by atoms with Crippen LogP contribution in [0.4, 0.5) is 0 Å². The van der Waals surface area contributed by atoms with Crippen LogP contribution in [0.25, 0.3) is 0 Å². The Hall–Kier alpha value is -2.01. The van der Waals surface area contributed by atoms with Gasteiger partial charge in [0.15, 0.2) is 11.6 Å². The molecule has 1 saturated heterocycles. The zero-order chi connectivity index (χ0) is 20.1. The van der Waals surface area contributed by atoms with Crippen LogP contribution >= 0.6 is 11.6 Å². The number of halogens is 1. The van der Waals surface area contributed by atoms with Gasteiger partial charge < -0.3 is 10.0 Å². The number of likely N-dealkylation sites (tertiary alicyclic amines) is 1. The Morgan fingerprint density at radius 2 is 1.57 bits per heavy atom. The first-order chi connectivity index (χ1) is 13.4. The third-order valence-corrected chi connectivity index (χ3v) is 5.72. The first-order valence-electron chi connectivity index (χ1n) is 9.72. The molecule has 1 heterocycles. The third-order valence-electron chi connectivity index (χ3n) is 5.46. The van der Waals surface area contributed by atoms with Crippen molar-refractivity contribution in [2.45, 2.75) is 38.2 Å². The number of ketones is 2. The fourth-order valence-electron chi connectivity index (χ4n) is 3.59. The number of rotatable bonds is 7. The molecule has 0 amide bonds. The molecule has 28 heavy (non-hydrogen) atoms. The Morgan fingerprint density at radius 1 is 1.00 bits per heavy atom. The lowest BCUT2D eigenvalue weighted by atomic mass is 9.84. The van der Waals surface area contributed by atoms with Crippen LogP contribution in [-0.2, 0) is 0 Å². The lowest BCUT2D eigenvalue weighted by molar-refractivity contribution is -0.00648. The Kier molecular flexibility index (Phi) is 6.65. The van der Waals surface area contributed by atoms with Crippen molar-refractivity contribution < 1.29 is 14.7 Å². The van der Waals surface area contributed by atoms with Crippen molar-refractivity contribution in [3.63, 3.8) is 0 Å². The first-order valence-corrected chi connectivity index (χ1v) is 10.1. The average molecular weight is 400 g/mol. The van der Waals surface area contributed by atoms with Crippen molar-refractivity contribution >= 4 is 23.2 Å². The standard InChI is InChI=1S/C23H26ClNO3/c1-17-4-6-19(7-5-17)22(27)23(28)12-15-25(16-13-23)14-2-3-21(26)18-8-10-20(24)11-9-18/h4-11,28H,2-3,12-16H2,1H3. The summed E-state index contributed by atoms with van der Waals surface area (Å²) in [5.41, 5.74) is 1.05. The molecule has 5 heteroatoms. The van der Waals surface area contributed by atoms with Gasteiger partial charge in [-0.05, 0) is 57.0 Å². The van der Waals surface area contributed by atoms with E-state index in [2.05, 4.69) is 4.90 Å². The topological polar surface area (TPSA) is 57.6 Å². The second-order valence-electron chi connectivity index (χ2n) is 7.60. The Bertz CT molecular complexity index is 822. The van der Waals surface area contributed by atoms with Crippen molar-refractivity contribution in [3.8, 4) is 0 Å². The summed E-state index contributed by atoms with van der Waals surface area (Å²) in [7, 11) is 0. The number of hydrogen-bond donors (Lipinski definition) is 1. The Labute approximate surface area is 171 Å². The van der Waals surface area contributed by atoms with Gasteiger partial charge in [-0.1, -0.05) is 41.4 Å². The number of piperidine rings is 1. The summed E-state index contributed by atoms with van der Waals surface area (Å²) in [5.74, 6) is -0.0789. The highest BCUT2D eigenvalue weighted by Gasteiger charge is 2.39. The summed E-state index contributed by atoms with van der Waals surface area (Å²) < 4.78 is 0. The molecule has 1 aliphatic rings. The van der Waals surface area contributed by atoms with Gasteiger partial charge >= 0.3 is 0 Å². The third kappa shape index (κ3) is 5.07. The summed E-state index contributed by atoms with van der Waals surface area (Å²) in [6.45, 7) is 4.07. The molecule has 0 atom stereocenters. The van der Waals surface area contributed by atoms with Gasteiger partial charge in [0.25, 0.3) is 0 Å². The maximum absolute atomic E-state index is 12.7. The van der Waals surface area contributed by atoms with E-state index in [1.807, 2.05) is 19.1 Å². The van der Waals surface area contributed by atoms with Gasteiger partial charge in [-0.25, -0.2) is 0 Å². The van der Waals surface area contributed by atoms with E-state index in [9.17, 15) is 14.7 Å². The number of carbonyl (C=O) groups excluding carboxylic acids is 2. The van der Waals surface area contributed by atoms with E-state index in [0.29, 0.717) is 48.5 Å². The normalized spacial score (nSPS) is 16.7. The monoisotopic (exact) mass is 399 g/mol. The van der Waals surface area contributed by atoms with Gasteiger partial charge in [0.05, 0.1) is 0 Å². The average Bonchev–Trinajstić information content (AvgIpc) is 2.70. The van der Waals surface area contributed by atoms with E-state index in [0.717, 1.165) is 18.5 Å². The largest absolute Gasteiger partial charge is 0.382 e. The zero-order valence-corrected chi connectivity index (χ0v) is 16.9. The van der Waals surface area contributed by atoms with Crippen molar-refractivity contribution in [3.05, 3.63) is 70.2 Å². The fourth-order valence-corrected chi connectivity index (χ4v) is 3.72. The molecule has 0 saturated carbocycles. The summed E-state index contributed by atoms with van der Waals surface area (Å²) in [5, 5.41) is 11.4. The number of aryl methyl sites for hydroxylation is 1. The van der Waals surface area contributed by atoms with E-state index < -0.39 is 5.60 Å². The molecule has 3 rings (SSSR count). The maximum Gasteiger partial charge on any atom is 0.194 e. The van der Waals surface area contributed by atoms with Gasteiger partial charge in [-0.15, -0.1) is 0 Å². The molecule has 0 radical (unpaired) electrons. The van der Waals surface area contributed by atoms with Crippen molar-refractivity contribution in [2.24, 2.45) is 0 Å². The summed E-state index contributed by atoms with van der Waals surface area (Å²) in [6.07, 6.45) is 2.08. The number of Topliss-reactive ketones (excluding diaryl/α,β-unsaturated/α-hetero) is 2. The minimum Gasteiger partial charge on any atom is -0.382 e. The van der Waals surface area contributed by atoms with E-state index in [4.69, 9.17) is 11.6 Å². The molecule has 148 valence electrons. The lowest BCUT2D eigenvalue weighted by Gasteiger charge is -2.37. The molecule has 0 unspecified atom stereocenters. The number of hydrogen-bond acceptors (Lipinski definition) is 4. The minimum atomic E-state index is -1.29. The molecule has 2 aromatic rings. The van der Waals surface area contributed by atoms with Crippen LogP contribution in [0.5, 0.6) is 0 Å². The van der Waals surface area contributed by atoms with Gasteiger partial charge in [-0.2, -0.15) is 0 Å². The molecule has 1 fully saturated rings. The Balaban J connectivity index is 1.46. The summed E-state index contributed by atoms with van der Waals surface area (Å²) >= 11 is 5.85. The molecule has 0 spiro atoms. The highest BCUT2D eigenvalue weighted by molar-refractivity contribution is 6.30. The van der Waals surface area contributed by atoms with E-state index >= 15 is 0 Å². The molecule has 2 aromatic carbocycles. The molecule has 1 aliphatic heterocycles. The highest BCUT2D eigenvalue weighted by atomic mass is 35.5. The molecular weight excluding hydrogens is 374 g/mol. The van der Waals surface area contributed by atoms with Gasteiger partial charge in [0.1, 0.15) is 5.60 Å². The maximum atomic E-state index is 12.7. The second-order valence-corrected chi connectivity index (χ2v) is 8.04. The number of nitrogens with zero attached hydrogens (tertiary/aromatic N) is 1. The second kappa shape index (κ2) is 8.99. The first kappa shape index (κ1) is 20.7. The lowest BCUT2D eigenvalue weighted by Crippen LogP contribution is -2.49. The summed E-state index contributed by atoms with van der Waals surface area (Å²) in [4.78, 5) is 27.1. The highest BCUT2D eigenvalue weighted by Crippen LogP contribution is 2.27. The van der Waals surface area contributed by atoms with Gasteiger partial charge in [0, 0.05) is 35.7 Å². The van der Waals surface area contributed by atoms with Crippen LogP contribution in [0.2, 0.25) is 5.02 Å². The van der Waals surface area contributed by atoms with Crippen LogP contribution in [0.1, 0.15) is 52.0 Å². The van der Waals surface area contributed by atoms with Crippen LogP contribution in [0.15, 0.2) is 48.5 Å². The molecule has 0 aromatic heterocycles. The molecular formula is C23H26ClNO3. The molecule has 0 bridgehead atoms. The fraction of sp³-hybridized carbons (Fsp3) is 0.391. The number of carbonyl (C=O) groups is 2. The van der Waals surface area contributed by atoms with Crippen molar-refractivity contribution in [2.75, 3.05) is 19.6 Å². The van der Waals surface area contributed by atoms with E-state index in [1.165, 1.54) is 0 Å². The van der Waals surface area contributed by atoms with Crippen LogP contribution in [0, 0.1) is 6.92 Å². The predicted molar refractivity (Wildman–Crippen MR) is 111 cm³/mol. The number of benzene rings is 2. The van der Waals surface area contributed by atoms with Crippen molar-refractivity contribution in [1.29, 1.82) is 0 Å². The smallest absolute Gasteiger partial charge is 0.194 e. The van der Waals surface area contributed by atoms with Crippen LogP contribution in [0.3, 0.4) is 0 Å².